The highest BCUT2D eigenvalue weighted by molar-refractivity contribution is 9.10. The van der Waals surface area contributed by atoms with Crippen molar-refractivity contribution in [3.8, 4) is 0 Å². The van der Waals surface area contributed by atoms with Gasteiger partial charge in [-0.3, -0.25) is 0 Å². The molecule has 1 aromatic rings. The minimum Gasteiger partial charge on any atom is -0.246 e. The largest absolute Gasteiger partial charge is 0.246 e. The molecule has 82 valence electrons. The Morgan fingerprint density at radius 2 is 2.07 bits per heavy atom. The van der Waals surface area contributed by atoms with Crippen LogP contribution in [0.4, 0.5) is 0 Å². The van der Waals surface area contributed by atoms with Gasteiger partial charge in [-0.25, -0.2) is 4.98 Å². The molecule has 0 unspecified atom stereocenters. The van der Waals surface area contributed by atoms with E-state index in [9.17, 15) is 0 Å². The predicted octanol–water partition coefficient (Wildman–Crippen LogP) is 4.07. The van der Waals surface area contributed by atoms with E-state index in [2.05, 4.69) is 33.9 Å². The molecule has 15 heavy (non-hydrogen) atoms. The fraction of sp³-hybridized carbons (Fsp3) is 0.615. The Kier molecular flexibility index (Phi) is 3.79. The topological polar surface area (TPSA) is 12.9 Å². The maximum atomic E-state index is 4.63. The van der Waals surface area contributed by atoms with Crippen molar-refractivity contribution >= 4 is 15.9 Å². The van der Waals surface area contributed by atoms with Crippen LogP contribution in [0.2, 0.25) is 0 Å². The highest BCUT2D eigenvalue weighted by atomic mass is 79.9. The Labute approximate surface area is 100 Å². The Balaban J connectivity index is 2.40. The van der Waals surface area contributed by atoms with Crippen molar-refractivity contribution < 1.29 is 0 Å². The summed E-state index contributed by atoms with van der Waals surface area (Å²) in [7, 11) is 0. The maximum Gasteiger partial charge on any atom is 0.106 e. The number of aromatic nitrogens is 1. The summed E-state index contributed by atoms with van der Waals surface area (Å²) in [4.78, 5) is 4.63. The van der Waals surface area contributed by atoms with Gasteiger partial charge in [0.05, 0.1) is 0 Å². The third kappa shape index (κ3) is 2.60. The van der Waals surface area contributed by atoms with E-state index in [1.54, 1.807) is 5.56 Å². The lowest BCUT2D eigenvalue weighted by Gasteiger charge is -2.11. The van der Waals surface area contributed by atoms with Crippen molar-refractivity contribution in [2.24, 2.45) is 0 Å². The van der Waals surface area contributed by atoms with Gasteiger partial charge in [0, 0.05) is 5.69 Å². The molecule has 1 aliphatic carbocycles. The third-order valence-electron chi connectivity index (χ3n) is 3.13. The number of aryl methyl sites for hydroxylation is 2. The van der Waals surface area contributed by atoms with Gasteiger partial charge in [0.25, 0.3) is 0 Å². The predicted molar refractivity (Wildman–Crippen MR) is 67.2 cm³/mol. The van der Waals surface area contributed by atoms with Gasteiger partial charge in [0.15, 0.2) is 0 Å². The molecule has 0 atom stereocenters. The van der Waals surface area contributed by atoms with Gasteiger partial charge >= 0.3 is 0 Å². The van der Waals surface area contributed by atoms with Crippen LogP contribution in [0.15, 0.2) is 10.7 Å². The Morgan fingerprint density at radius 3 is 2.87 bits per heavy atom. The second-order valence-corrected chi connectivity index (χ2v) is 5.15. The number of nitrogens with zero attached hydrogens (tertiary/aromatic N) is 1. The van der Waals surface area contributed by atoms with Crippen LogP contribution in [0, 0.1) is 0 Å². The molecular weight excluding hydrogens is 250 g/mol. The number of halogens is 1. The van der Waals surface area contributed by atoms with E-state index in [-0.39, 0.29) is 0 Å². The quantitative estimate of drug-likeness (QED) is 0.582. The Hall–Kier alpha value is -0.370. The van der Waals surface area contributed by atoms with Crippen molar-refractivity contribution in [3.05, 3.63) is 27.5 Å². The fourth-order valence-electron chi connectivity index (χ4n) is 2.41. The van der Waals surface area contributed by atoms with Gasteiger partial charge in [-0.2, -0.15) is 0 Å². The molecule has 0 aromatic carbocycles. The fourth-order valence-corrected chi connectivity index (χ4v) is 2.90. The minimum atomic E-state index is 1.02. The lowest BCUT2D eigenvalue weighted by Crippen LogP contribution is -2.02. The number of hydrogen-bond acceptors (Lipinski definition) is 1. The summed E-state index contributed by atoms with van der Waals surface area (Å²) in [5.41, 5.74) is 4.43. The highest BCUT2D eigenvalue weighted by Gasteiger charge is 2.13. The summed E-state index contributed by atoms with van der Waals surface area (Å²) in [6.07, 6.45) is 8.86. The monoisotopic (exact) mass is 267 g/mol. The van der Waals surface area contributed by atoms with E-state index in [0.29, 0.717) is 0 Å². The van der Waals surface area contributed by atoms with E-state index in [4.69, 9.17) is 0 Å². The van der Waals surface area contributed by atoms with Crippen LogP contribution in [0.1, 0.15) is 49.4 Å². The van der Waals surface area contributed by atoms with E-state index >= 15 is 0 Å². The van der Waals surface area contributed by atoms with Crippen LogP contribution >= 0.6 is 15.9 Å². The van der Waals surface area contributed by atoms with Crippen LogP contribution in [-0.2, 0) is 19.3 Å². The molecule has 1 aliphatic rings. The number of rotatable bonds is 2. The van der Waals surface area contributed by atoms with Crippen LogP contribution in [0.25, 0.3) is 0 Å². The molecule has 0 saturated heterocycles. The summed E-state index contributed by atoms with van der Waals surface area (Å²) < 4.78 is 1.02. The molecule has 0 radical (unpaired) electrons. The molecule has 0 bridgehead atoms. The van der Waals surface area contributed by atoms with Gasteiger partial charge < -0.3 is 0 Å². The van der Waals surface area contributed by atoms with Gasteiger partial charge in [0.1, 0.15) is 4.60 Å². The van der Waals surface area contributed by atoms with Crippen molar-refractivity contribution in [1.29, 1.82) is 0 Å². The molecule has 0 amide bonds. The van der Waals surface area contributed by atoms with Crippen molar-refractivity contribution in [2.75, 3.05) is 0 Å². The molecular formula is C13H18BrN. The minimum absolute atomic E-state index is 1.02. The SMILES string of the molecule is CCCc1nc(Br)cc2c1CCCCC2. The van der Waals surface area contributed by atoms with Crippen molar-refractivity contribution in [1.82, 2.24) is 4.98 Å². The summed E-state index contributed by atoms with van der Waals surface area (Å²) in [5, 5.41) is 0. The smallest absolute Gasteiger partial charge is 0.106 e. The lowest BCUT2D eigenvalue weighted by atomic mass is 10.00. The molecule has 0 aliphatic heterocycles. The summed E-state index contributed by atoms with van der Waals surface area (Å²) in [5.74, 6) is 0. The van der Waals surface area contributed by atoms with Gasteiger partial charge in [-0.05, 0) is 65.2 Å². The number of fused-ring (bicyclic) bond motifs is 1. The van der Waals surface area contributed by atoms with Crippen molar-refractivity contribution in [2.45, 2.75) is 51.9 Å². The molecule has 1 heterocycles. The van der Waals surface area contributed by atoms with E-state index in [1.807, 2.05) is 0 Å². The molecule has 0 spiro atoms. The standard InChI is InChI=1S/C13H18BrN/c1-2-6-12-11-8-5-3-4-7-10(11)9-13(14)15-12/h9H,2-8H2,1H3. The third-order valence-corrected chi connectivity index (χ3v) is 3.54. The van der Waals surface area contributed by atoms with Gasteiger partial charge in [-0.15, -0.1) is 0 Å². The Bertz CT molecular complexity index is 347. The second-order valence-electron chi connectivity index (χ2n) is 4.34. The number of pyridine rings is 1. The first-order valence-corrected chi connectivity index (χ1v) is 6.77. The van der Waals surface area contributed by atoms with Gasteiger partial charge in [0.2, 0.25) is 0 Å². The van der Waals surface area contributed by atoms with Crippen LogP contribution < -0.4 is 0 Å². The molecule has 1 aromatic heterocycles. The first-order valence-electron chi connectivity index (χ1n) is 5.98. The van der Waals surface area contributed by atoms with Crippen LogP contribution in [-0.4, -0.2) is 4.98 Å². The lowest BCUT2D eigenvalue weighted by molar-refractivity contribution is 0.709. The average molecular weight is 268 g/mol. The molecule has 1 nitrogen and oxygen atoms in total. The Morgan fingerprint density at radius 1 is 1.27 bits per heavy atom. The van der Waals surface area contributed by atoms with E-state index in [1.165, 1.54) is 49.8 Å². The number of hydrogen-bond donors (Lipinski definition) is 0. The van der Waals surface area contributed by atoms with Crippen molar-refractivity contribution in [3.63, 3.8) is 0 Å². The zero-order chi connectivity index (χ0) is 10.7. The van der Waals surface area contributed by atoms with E-state index < -0.39 is 0 Å². The second kappa shape index (κ2) is 5.11. The average Bonchev–Trinajstić information content (AvgIpc) is 2.43. The van der Waals surface area contributed by atoms with Crippen LogP contribution in [0.3, 0.4) is 0 Å². The zero-order valence-corrected chi connectivity index (χ0v) is 10.9. The van der Waals surface area contributed by atoms with E-state index in [0.717, 1.165) is 11.0 Å². The summed E-state index contributed by atoms with van der Waals surface area (Å²) >= 11 is 3.53. The molecule has 0 fully saturated rings. The molecule has 0 saturated carbocycles. The zero-order valence-electron chi connectivity index (χ0n) is 9.35. The van der Waals surface area contributed by atoms with Crippen LogP contribution in [0.5, 0.6) is 0 Å². The molecule has 2 rings (SSSR count). The first-order chi connectivity index (χ1) is 7.31. The highest BCUT2D eigenvalue weighted by Crippen LogP contribution is 2.26. The normalized spacial score (nSPS) is 15.9. The van der Waals surface area contributed by atoms with Gasteiger partial charge in [-0.1, -0.05) is 19.8 Å². The maximum absolute atomic E-state index is 4.63. The summed E-state index contributed by atoms with van der Waals surface area (Å²) in [6, 6.07) is 2.22. The summed E-state index contributed by atoms with van der Waals surface area (Å²) in [6.45, 7) is 2.23. The molecule has 0 N–H and O–H groups in total. The first kappa shape index (κ1) is 11.1. The molecule has 2 heteroatoms.